The maximum absolute atomic E-state index is 5.44. The molecule has 0 atom stereocenters. The lowest BCUT2D eigenvalue weighted by Gasteiger charge is -1.95. The van der Waals surface area contributed by atoms with Crippen LogP contribution in [0.5, 0.6) is 0 Å². The van der Waals surface area contributed by atoms with Gasteiger partial charge < -0.3 is 8.98 Å². The molecule has 0 aliphatic carbocycles. The summed E-state index contributed by atoms with van der Waals surface area (Å²) in [6.07, 6.45) is 7.07. The van der Waals surface area contributed by atoms with E-state index in [1.54, 1.807) is 18.8 Å². The first-order valence-electron chi connectivity index (χ1n) is 5.28. The van der Waals surface area contributed by atoms with E-state index in [2.05, 4.69) is 16.0 Å². The largest absolute Gasteiger partial charge is 0.444 e. The smallest absolute Gasteiger partial charge is 0.226 e. The lowest BCUT2D eigenvalue weighted by Crippen LogP contribution is -1.96. The second-order valence-corrected chi connectivity index (χ2v) is 3.67. The van der Waals surface area contributed by atoms with Gasteiger partial charge in [0.25, 0.3) is 0 Å². The molecule has 1 aromatic carbocycles. The Hall–Kier alpha value is -2.36. The van der Waals surface area contributed by atoms with Crippen molar-refractivity contribution in [3.05, 3.63) is 61.0 Å². The van der Waals surface area contributed by atoms with E-state index in [-0.39, 0.29) is 0 Å². The minimum absolute atomic E-state index is 0.633. The van der Waals surface area contributed by atoms with Gasteiger partial charge in [0.05, 0.1) is 18.6 Å². The molecule has 0 N–H and O–H groups in total. The number of rotatable bonds is 3. The van der Waals surface area contributed by atoms with Crippen LogP contribution in [0, 0.1) is 6.07 Å². The van der Waals surface area contributed by atoms with Gasteiger partial charge in [-0.1, -0.05) is 12.1 Å². The summed E-state index contributed by atoms with van der Waals surface area (Å²) in [7, 11) is 0. The van der Waals surface area contributed by atoms with Gasteiger partial charge in [-0.2, -0.15) is 0 Å². The highest BCUT2D eigenvalue weighted by atomic mass is 16.3. The highest BCUT2D eigenvalue weighted by Crippen LogP contribution is 2.18. The SMILES string of the molecule is [c]1ccc(-c2nc(Cn3ccnc3)co2)cc1. The lowest BCUT2D eigenvalue weighted by molar-refractivity contribution is 0.571. The summed E-state index contributed by atoms with van der Waals surface area (Å²) in [5.41, 5.74) is 1.84. The standard InChI is InChI=1S/C13H10N3O/c1-2-4-11(5-3-1)13-15-12(9-17-13)8-16-7-6-14-10-16/h2-7,9-10H,8H2. The molecule has 1 radical (unpaired) electrons. The molecule has 0 saturated carbocycles. The third-order valence-corrected chi connectivity index (χ3v) is 2.42. The fourth-order valence-corrected chi connectivity index (χ4v) is 1.61. The molecule has 3 aromatic rings. The van der Waals surface area contributed by atoms with Crippen LogP contribution < -0.4 is 0 Å². The Kier molecular flexibility index (Phi) is 2.46. The van der Waals surface area contributed by atoms with E-state index in [0.29, 0.717) is 12.4 Å². The fourth-order valence-electron chi connectivity index (χ4n) is 1.61. The molecule has 2 heterocycles. The summed E-state index contributed by atoms with van der Waals surface area (Å²) in [4.78, 5) is 8.41. The molecule has 0 bridgehead atoms. The number of nitrogens with zero attached hydrogens (tertiary/aromatic N) is 3. The Morgan fingerprint density at radius 1 is 1.29 bits per heavy atom. The lowest BCUT2D eigenvalue weighted by atomic mass is 10.2. The second-order valence-electron chi connectivity index (χ2n) is 3.67. The van der Waals surface area contributed by atoms with Crippen molar-refractivity contribution < 1.29 is 4.42 Å². The van der Waals surface area contributed by atoms with Crippen molar-refractivity contribution >= 4 is 0 Å². The van der Waals surface area contributed by atoms with Crippen LogP contribution in [0.2, 0.25) is 0 Å². The van der Waals surface area contributed by atoms with Crippen molar-refractivity contribution in [1.29, 1.82) is 0 Å². The molecule has 0 unspecified atom stereocenters. The predicted molar refractivity (Wildman–Crippen MR) is 62.1 cm³/mol. The molecule has 0 amide bonds. The fraction of sp³-hybridized carbons (Fsp3) is 0.0769. The molecular weight excluding hydrogens is 214 g/mol. The molecule has 0 fully saturated rings. The van der Waals surface area contributed by atoms with Gasteiger partial charge in [0, 0.05) is 18.0 Å². The molecule has 17 heavy (non-hydrogen) atoms. The van der Waals surface area contributed by atoms with Crippen molar-refractivity contribution in [3.63, 3.8) is 0 Å². The summed E-state index contributed by atoms with van der Waals surface area (Å²) in [5, 5.41) is 0. The quantitative estimate of drug-likeness (QED) is 0.686. The van der Waals surface area contributed by atoms with Gasteiger partial charge in [-0.15, -0.1) is 0 Å². The molecule has 0 saturated heterocycles. The van der Waals surface area contributed by atoms with Gasteiger partial charge in [0.15, 0.2) is 0 Å². The van der Waals surface area contributed by atoms with Crippen LogP contribution in [0.15, 0.2) is 53.7 Å². The maximum atomic E-state index is 5.44. The number of imidazole rings is 1. The predicted octanol–water partition coefficient (Wildman–Crippen LogP) is 2.39. The molecule has 0 aliphatic heterocycles. The number of benzene rings is 1. The third-order valence-electron chi connectivity index (χ3n) is 2.42. The van der Waals surface area contributed by atoms with Crippen LogP contribution in [0.1, 0.15) is 5.69 Å². The number of oxazole rings is 1. The Morgan fingerprint density at radius 2 is 2.18 bits per heavy atom. The zero-order chi connectivity index (χ0) is 11.5. The third kappa shape index (κ3) is 2.10. The van der Waals surface area contributed by atoms with Crippen LogP contribution in [-0.2, 0) is 6.54 Å². The molecular formula is C13H10N3O. The number of hydrogen-bond donors (Lipinski definition) is 0. The van der Waals surface area contributed by atoms with Crippen molar-refractivity contribution in [2.45, 2.75) is 6.54 Å². The summed E-state index contributed by atoms with van der Waals surface area (Å²) in [5.74, 6) is 0.633. The van der Waals surface area contributed by atoms with Crippen molar-refractivity contribution in [2.75, 3.05) is 0 Å². The highest BCUT2D eigenvalue weighted by Gasteiger charge is 2.06. The summed E-state index contributed by atoms with van der Waals surface area (Å²) < 4.78 is 7.39. The summed E-state index contributed by atoms with van der Waals surface area (Å²) >= 11 is 0. The summed E-state index contributed by atoms with van der Waals surface area (Å²) in [6, 6.07) is 10.5. The van der Waals surface area contributed by atoms with Crippen LogP contribution in [0.25, 0.3) is 11.5 Å². The zero-order valence-corrected chi connectivity index (χ0v) is 9.08. The van der Waals surface area contributed by atoms with Crippen molar-refractivity contribution in [1.82, 2.24) is 14.5 Å². The van der Waals surface area contributed by atoms with E-state index < -0.39 is 0 Å². The van der Waals surface area contributed by atoms with Gasteiger partial charge in [-0.05, 0) is 18.2 Å². The second kappa shape index (κ2) is 4.25. The van der Waals surface area contributed by atoms with Gasteiger partial charge in [0.1, 0.15) is 6.26 Å². The minimum atomic E-state index is 0.633. The minimum Gasteiger partial charge on any atom is -0.444 e. The average molecular weight is 224 g/mol. The first-order valence-corrected chi connectivity index (χ1v) is 5.28. The van der Waals surface area contributed by atoms with Crippen molar-refractivity contribution in [2.24, 2.45) is 0 Å². The van der Waals surface area contributed by atoms with Gasteiger partial charge in [-0.25, -0.2) is 9.97 Å². The Bertz CT molecular complexity index is 584. The van der Waals surface area contributed by atoms with Crippen molar-refractivity contribution in [3.8, 4) is 11.5 Å². The Labute approximate surface area is 98.6 Å². The summed E-state index contributed by atoms with van der Waals surface area (Å²) in [6.45, 7) is 0.669. The van der Waals surface area contributed by atoms with E-state index in [1.807, 2.05) is 35.0 Å². The first-order chi connectivity index (χ1) is 8.42. The Morgan fingerprint density at radius 3 is 2.94 bits per heavy atom. The topological polar surface area (TPSA) is 43.9 Å². The normalized spacial score (nSPS) is 10.6. The molecule has 0 spiro atoms. The van der Waals surface area contributed by atoms with Crippen LogP contribution in [0.4, 0.5) is 0 Å². The molecule has 3 rings (SSSR count). The van der Waals surface area contributed by atoms with Gasteiger partial charge >= 0.3 is 0 Å². The zero-order valence-electron chi connectivity index (χ0n) is 9.08. The van der Waals surface area contributed by atoms with E-state index >= 15 is 0 Å². The van der Waals surface area contributed by atoms with E-state index in [0.717, 1.165) is 11.3 Å². The van der Waals surface area contributed by atoms with Gasteiger partial charge in [0.2, 0.25) is 5.89 Å². The maximum Gasteiger partial charge on any atom is 0.226 e. The molecule has 83 valence electrons. The molecule has 4 heteroatoms. The highest BCUT2D eigenvalue weighted by molar-refractivity contribution is 5.52. The number of hydrogen-bond acceptors (Lipinski definition) is 3. The van der Waals surface area contributed by atoms with Gasteiger partial charge in [-0.3, -0.25) is 0 Å². The van der Waals surface area contributed by atoms with Crippen LogP contribution in [-0.4, -0.2) is 14.5 Å². The molecule has 4 nitrogen and oxygen atoms in total. The average Bonchev–Trinajstić information content (AvgIpc) is 3.02. The van der Waals surface area contributed by atoms with E-state index in [9.17, 15) is 0 Å². The molecule has 0 aliphatic rings. The Balaban J connectivity index is 1.84. The van der Waals surface area contributed by atoms with Crippen LogP contribution >= 0.6 is 0 Å². The number of aromatic nitrogens is 3. The molecule has 2 aromatic heterocycles. The first kappa shape index (κ1) is 9.84. The monoisotopic (exact) mass is 224 g/mol. The van der Waals surface area contributed by atoms with Crippen LogP contribution in [0.3, 0.4) is 0 Å². The van der Waals surface area contributed by atoms with E-state index in [1.165, 1.54) is 0 Å². The van der Waals surface area contributed by atoms with E-state index in [4.69, 9.17) is 4.42 Å².